The number of nitrogens with zero attached hydrogens (tertiary/aromatic N) is 2. The van der Waals surface area contributed by atoms with Gasteiger partial charge < -0.3 is 21.4 Å². The SMILES string of the molecule is Nc1ccc2nc(-c3ccc(-c4ccc(-c5nc6ccc(N)cc6[nH]5)cc4)cc3)[nH]c2c1. The van der Waals surface area contributed by atoms with Crippen molar-refractivity contribution in [3.05, 3.63) is 84.9 Å². The van der Waals surface area contributed by atoms with Crippen molar-refractivity contribution in [1.82, 2.24) is 19.9 Å². The summed E-state index contributed by atoms with van der Waals surface area (Å²) in [6.07, 6.45) is 0. The number of aromatic nitrogens is 4. The molecule has 6 nitrogen and oxygen atoms in total. The molecule has 6 heteroatoms. The molecule has 2 aromatic heterocycles. The van der Waals surface area contributed by atoms with Crippen molar-refractivity contribution in [3.63, 3.8) is 0 Å². The summed E-state index contributed by atoms with van der Waals surface area (Å²) in [5.41, 5.74) is 21.2. The van der Waals surface area contributed by atoms with Gasteiger partial charge in [0.15, 0.2) is 0 Å². The largest absolute Gasteiger partial charge is 0.399 e. The second-order valence-electron chi connectivity index (χ2n) is 7.88. The van der Waals surface area contributed by atoms with Crippen LogP contribution in [0.2, 0.25) is 0 Å². The molecule has 6 rings (SSSR count). The van der Waals surface area contributed by atoms with Crippen LogP contribution >= 0.6 is 0 Å². The second kappa shape index (κ2) is 6.99. The number of rotatable bonds is 3. The highest BCUT2D eigenvalue weighted by molar-refractivity contribution is 5.84. The first kappa shape index (κ1) is 18.2. The predicted octanol–water partition coefficient (Wildman–Crippen LogP) is 5.60. The van der Waals surface area contributed by atoms with Crippen LogP contribution in [0.1, 0.15) is 0 Å². The highest BCUT2D eigenvalue weighted by atomic mass is 14.9. The van der Waals surface area contributed by atoms with Gasteiger partial charge in [-0.15, -0.1) is 0 Å². The monoisotopic (exact) mass is 416 g/mol. The second-order valence-corrected chi connectivity index (χ2v) is 7.88. The van der Waals surface area contributed by atoms with Crippen molar-refractivity contribution in [2.24, 2.45) is 0 Å². The first-order chi connectivity index (χ1) is 15.6. The van der Waals surface area contributed by atoms with Crippen LogP contribution in [0.25, 0.3) is 56.0 Å². The third kappa shape index (κ3) is 3.15. The van der Waals surface area contributed by atoms with Crippen molar-refractivity contribution in [3.8, 4) is 33.9 Å². The van der Waals surface area contributed by atoms with Crippen LogP contribution in [-0.4, -0.2) is 19.9 Å². The molecule has 0 aliphatic rings. The minimum atomic E-state index is 0.721. The zero-order chi connectivity index (χ0) is 21.7. The Labute approximate surface area is 184 Å². The standard InChI is InChI=1S/C26H20N6/c27-19-9-11-21-23(13-19)31-25(29-21)17-5-1-15(2-6-17)16-3-7-18(8-4-16)26-30-22-12-10-20(28)14-24(22)32-26/h1-14H,27-28H2,(H,29,31)(H,30,32). The summed E-state index contributed by atoms with van der Waals surface area (Å²) in [6, 6.07) is 28.1. The molecule has 4 aromatic carbocycles. The van der Waals surface area contributed by atoms with Gasteiger partial charge in [-0.25, -0.2) is 9.97 Å². The maximum atomic E-state index is 5.87. The van der Waals surface area contributed by atoms with E-state index < -0.39 is 0 Å². The lowest BCUT2D eigenvalue weighted by atomic mass is 10.0. The fourth-order valence-corrected chi connectivity index (χ4v) is 3.97. The third-order valence-corrected chi connectivity index (χ3v) is 5.66. The maximum Gasteiger partial charge on any atom is 0.138 e. The van der Waals surface area contributed by atoms with Crippen LogP contribution in [0.15, 0.2) is 84.9 Å². The molecule has 0 aliphatic carbocycles. The number of anilines is 2. The van der Waals surface area contributed by atoms with Crippen molar-refractivity contribution in [2.45, 2.75) is 0 Å². The van der Waals surface area contributed by atoms with E-state index in [1.54, 1.807) is 0 Å². The lowest BCUT2D eigenvalue weighted by Crippen LogP contribution is -1.84. The van der Waals surface area contributed by atoms with Gasteiger partial charge in [-0.1, -0.05) is 48.5 Å². The van der Waals surface area contributed by atoms with Crippen molar-refractivity contribution in [1.29, 1.82) is 0 Å². The fourth-order valence-electron chi connectivity index (χ4n) is 3.97. The average molecular weight is 416 g/mol. The van der Waals surface area contributed by atoms with Gasteiger partial charge in [0.2, 0.25) is 0 Å². The Kier molecular flexibility index (Phi) is 3.98. The van der Waals surface area contributed by atoms with Gasteiger partial charge in [-0.05, 0) is 47.5 Å². The van der Waals surface area contributed by atoms with Gasteiger partial charge in [0.1, 0.15) is 11.6 Å². The molecule has 154 valence electrons. The lowest BCUT2D eigenvalue weighted by Gasteiger charge is -2.04. The van der Waals surface area contributed by atoms with E-state index in [1.807, 2.05) is 36.4 Å². The summed E-state index contributed by atoms with van der Waals surface area (Å²) in [7, 11) is 0. The highest BCUT2D eigenvalue weighted by Crippen LogP contribution is 2.28. The Morgan fingerprint density at radius 3 is 1.25 bits per heavy atom. The zero-order valence-corrected chi connectivity index (χ0v) is 17.1. The predicted molar refractivity (Wildman–Crippen MR) is 131 cm³/mol. The molecule has 0 aliphatic heterocycles. The van der Waals surface area contributed by atoms with Gasteiger partial charge in [0.05, 0.1) is 22.1 Å². The van der Waals surface area contributed by atoms with Crippen LogP contribution in [0.4, 0.5) is 11.4 Å². The van der Waals surface area contributed by atoms with E-state index in [4.69, 9.17) is 11.5 Å². The first-order valence-electron chi connectivity index (χ1n) is 10.3. The minimum absolute atomic E-state index is 0.721. The molecule has 0 saturated heterocycles. The highest BCUT2D eigenvalue weighted by Gasteiger charge is 2.08. The number of fused-ring (bicyclic) bond motifs is 2. The summed E-state index contributed by atoms with van der Waals surface area (Å²) >= 11 is 0. The topological polar surface area (TPSA) is 109 Å². The third-order valence-electron chi connectivity index (χ3n) is 5.66. The van der Waals surface area contributed by atoms with E-state index >= 15 is 0 Å². The number of hydrogen-bond acceptors (Lipinski definition) is 4. The molecule has 6 N–H and O–H groups in total. The zero-order valence-electron chi connectivity index (χ0n) is 17.1. The summed E-state index contributed by atoms with van der Waals surface area (Å²) in [5.74, 6) is 1.66. The number of aromatic amines is 2. The maximum absolute atomic E-state index is 5.87. The Morgan fingerprint density at radius 2 is 0.844 bits per heavy atom. The number of imidazole rings is 2. The van der Waals surface area contributed by atoms with Gasteiger partial charge >= 0.3 is 0 Å². The van der Waals surface area contributed by atoms with E-state index in [0.717, 1.165) is 67.3 Å². The molecule has 0 bridgehead atoms. The van der Waals surface area contributed by atoms with Crippen LogP contribution in [0.5, 0.6) is 0 Å². The van der Waals surface area contributed by atoms with Gasteiger partial charge in [0, 0.05) is 22.5 Å². The smallest absolute Gasteiger partial charge is 0.138 e. The van der Waals surface area contributed by atoms with E-state index in [-0.39, 0.29) is 0 Å². The van der Waals surface area contributed by atoms with Crippen molar-refractivity contribution in [2.75, 3.05) is 11.5 Å². The fraction of sp³-hybridized carbons (Fsp3) is 0. The van der Waals surface area contributed by atoms with E-state index in [0.29, 0.717) is 0 Å². The first-order valence-corrected chi connectivity index (χ1v) is 10.3. The number of hydrogen-bond donors (Lipinski definition) is 4. The van der Waals surface area contributed by atoms with E-state index in [1.165, 1.54) is 0 Å². The number of nitrogen functional groups attached to an aromatic ring is 2. The van der Waals surface area contributed by atoms with Crippen LogP contribution in [0, 0.1) is 0 Å². The van der Waals surface area contributed by atoms with Crippen molar-refractivity contribution < 1.29 is 0 Å². The number of H-pyrrole nitrogens is 2. The molecule has 0 saturated carbocycles. The molecule has 32 heavy (non-hydrogen) atoms. The summed E-state index contributed by atoms with van der Waals surface area (Å²) < 4.78 is 0. The summed E-state index contributed by atoms with van der Waals surface area (Å²) in [4.78, 5) is 16.0. The molecular weight excluding hydrogens is 396 g/mol. The number of benzene rings is 4. The Hall–Kier alpha value is -4.58. The minimum Gasteiger partial charge on any atom is -0.399 e. The Morgan fingerprint density at radius 1 is 0.469 bits per heavy atom. The molecular formula is C26H20N6. The van der Waals surface area contributed by atoms with Crippen molar-refractivity contribution >= 4 is 33.4 Å². The molecule has 0 atom stereocenters. The van der Waals surface area contributed by atoms with Gasteiger partial charge in [-0.2, -0.15) is 0 Å². The van der Waals surface area contributed by atoms with E-state index in [2.05, 4.69) is 68.5 Å². The molecule has 0 fully saturated rings. The number of nitrogens with two attached hydrogens (primary N) is 2. The molecule has 0 spiro atoms. The number of nitrogens with one attached hydrogen (secondary N) is 2. The van der Waals surface area contributed by atoms with Gasteiger partial charge in [-0.3, -0.25) is 0 Å². The van der Waals surface area contributed by atoms with Crippen LogP contribution in [0.3, 0.4) is 0 Å². The Balaban J connectivity index is 1.27. The normalized spacial score (nSPS) is 11.4. The van der Waals surface area contributed by atoms with Gasteiger partial charge in [0.25, 0.3) is 0 Å². The van der Waals surface area contributed by atoms with E-state index in [9.17, 15) is 0 Å². The van der Waals surface area contributed by atoms with Crippen LogP contribution in [-0.2, 0) is 0 Å². The molecule has 2 heterocycles. The molecule has 0 unspecified atom stereocenters. The summed E-state index contributed by atoms with van der Waals surface area (Å²) in [5, 5.41) is 0. The lowest BCUT2D eigenvalue weighted by molar-refractivity contribution is 1.33. The Bertz CT molecular complexity index is 1450. The molecule has 0 amide bonds. The van der Waals surface area contributed by atoms with Crippen LogP contribution < -0.4 is 11.5 Å². The summed E-state index contributed by atoms with van der Waals surface area (Å²) in [6.45, 7) is 0. The molecule has 0 radical (unpaired) electrons. The average Bonchev–Trinajstić information content (AvgIpc) is 3.43. The quantitative estimate of drug-likeness (QED) is 0.281. The molecule has 6 aromatic rings.